The molecule has 3 rings (SSSR count). The number of hydrogen-bond acceptors (Lipinski definition) is 8. The number of ether oxygens (including phenoxy) is 3. The van der Waals surface area contributed by atoms with Gasteiger partial charge in [-0.15, -0.1) is 0 Å². The summed E-state index contributed by atoms with van der Waals surface area (Å²) >= 11 is 0. The lowest BCUT2D eigenvalue weighted by Crippen LogP contribution is -2.58. The Morgan fingerprint density at radius 2 is 1.71 bits per heavy atom. The van der Waals surface area contributed by atoms with Crippen LogP contribution in [0.4, 0.5) is 10.5 Å². The lowest BCUT2D eigenvalue weighted by atomic mass is 9.90. The van der Waals surface area contributed by atoms with E-state index in [9.17, 15) is 19.2 Å². The van der Waals surface area contributed by atoms with Crippen LogP contribution >= 0.6 is 0 Å². The van der Waals surface area contributed by atoms with Gasteiger partial charge in [0.2, 0.25) is 11.8 Å². The van der Waals surface area contributed by atoms with Crippen LogP contribution in [0.15, 0.2) is 42.5 Å². The van der Waals surface area contributed by atoms with Crippen LogP contribution in [0.3, 0.4) is 0 Å². The number of methoxy groups -OCH3 is 1. The van der Waals surface area contributed by atoms with E-state index in [1.165, 1.54) is 10.4 Å². The molecule has 1 aliphatic rings. The molecule has 2 aromatic rings. The van der Waals surface area contributed by atoms with Gasteiger partial charge in [0.1, 0.15) is 29.2 Å². The maximum atomic E-state index is 14.1. The number of amides is 4. The molecule has 0 spiro atoms. The van der Waals surface area contributed by atoms with Crippen LogP contribution < -0.4 is 25.6 Å². The molecule has 12 heteroatoms. The lowest BCUT2D eigenvalue weighted by molar-refractivity contribution is -0.142. The van der Waals surface area contributed by atoms with Gasteiger partial charge >= 0.3 is 6.09 Å². The third-order valence-corrected chi connectivity index (χ3v) is 6.90. The molecule has 228 valence electrons. The van der Waals surface area contributed by atoms with E-state index in [1.807, 2.05) is 13.8 Å². The predicted octanol–water partition coefficient (Wildman–Crippen LogP) is 3.41. The van der Waals surface area contributed by atoms with E-state index in [0.29, 0.717) is 23.6 Å². The number of nitrogens with zero attached hydrogens (tertiary/aromatic N) is 1. The molecule has 4 N–H and O–H groups in total. The molecule has 0 bridgehead atoms. The number of benzene rings is 2. The van der Waals surface area contributed by atoms with Crippen molar-refractivity contribution in [2.24, 2.45) is 5.92 Å². The molecule has 0 saturated carbocycles. The first kappa shape index (κ1) is 32.2. The average molecular weight is 585 g/mol. The Bertz CT molecular complexity index is 1280. The Kier molecular flexibility index (Phi) is 10.8. The number of anilines is 1. The van der Waals surface area contributed by atoms with E-state index in [2.05, 4.69) is 10.6 Å². The van der Waals surface area contributed by atoms with Gasteiger partial charge in [0.15, 0.2) is 6.61 Å². The van der Waals surface area contributed by atoms with Crippen LogP contribution in [0.2, 0.25) is 0 Å². The van der Waals surface area contributed by atoms with Crippen molar-refractivity contribution >= 4 is 29.5 Å². The first-order chi connectivity index (χ1) is 19.8. The van der Waals surface area contributed by atoms with Crippen molar-refractivity contribution in [1.82, 2.24) is 15.7 Å². The zero-order valence-electron chi connectivity index (χ0n) is 24.9. The van der Waals surface area contributed by atoms with Crippen molar-refractivity contribution in [3.63, 3.8) is 0 Å². The predicted molar refractivity (Wildman–Crippen MR) is 154 cm³/mol. The van der Waals surface area contributed by atoms with Crippen molar-refractivity contribution in [2.45, 2.75) is 71.7 Å². The van der Waals surface area contributed by atoms with Crippen molar-refractivity contribution in [2.75, 3.05) is 19.0 Å². The zero-order valence-corrected chi connectivity index (χ0v) is 24.9. The van der Waals surface area contributed by atoms with Crippen molar-refractivity contribution in [3.8, 4) is 11.5 Å². The van der Waals surface area contributed by atoms with Crippen molar-refractivity contribution in [1.29, 1.82) is 0 Å². The zero-order chi connectivity index (χ0) is 31.0. The molecule has 2 aromatic carbocycles. The minimum absolute atomic E-state index is 0.0567. The van der Waals surface area contributed by atoms with Gasteiger partial charge in [-0.1, -0.05) is 26.3 Å². The summed E-state index contributed by atoms with van der Waals surface area (Å²) in [4.78, 5) is 53.4. The van der Waals surface area contributed by atoms with E-state index in [0.717, 1.165) is 11.1 Å². The summed E-state index contributed by atoms with van der Waals surface area (Å²) in [5.74, 6) is -0.805. The summed E-state index contributed by atoms with van der Waals surface area (Å²) in [7, 11) is 1.55. The Labute approximate surface area is 245 Å². The van der Waals surface area contributed by atoms with Gasteiger partial charge in [-0.3, -0.25) is 19.6 Å². The maximum Gasteiger partial charge on any atom is 0.408 e. The Morgan fingerprint density at radius 1 is 1.05 bits per heavy atom. The van der Waals surface area contributed by atoms with E-state index < -0.39 is 42.2 Å². The molecule has 0 aliphatic carbocycles. The molecule has 4 amide bonds. The Hall–Kier alpha value is -4.32. The van der Waals surface area contributed by atoms with Crippen molar-refractivity contribution < 1.29 is 38.6 Å². The fourth-order valence-corrected chi connectivity index (χ4v) is 4.49. The molecule has 12 nitrogen and oxygen atoms in total. The SMILES string of the molecule is CCC(C)C(NC(=O)OC(C)(C)C)C(=O)N1Cc2cc(OCC(=O)NO)ccc2CC1C(=O)Nc1ccc(OC)cc1. The molecular weight excluding hydrogens is 544 g/mol. The lowest BCUT2D eigenvalue weighted by Gasteiger charge is -2.39. The molecule has 3 unspecified atom stereocenters. The van der Waals surface area contributed by atoms with Crippen LogP contribution in [0.5, 0.6) is 11.5 Å². The molecular formula is C30H40N4O8. The van der Waals surface area contributed by atoms with Crippen LogP contribution in [0, 0.1) is 5.92 Å². The van der Waals surface area contributed by atoms with Gasteiger partial charge < -0.3 is 29.7 Å². The molecule has 42 heavy (non-hydrogen) atoms. The first-order valence-corrected chi connectivity index (χ1v) is 13.8. The van der Waals surface area contributed by atoms with E-state index >= 15 is 0 Å². The molecule has 0 saturated heterocycles. The summed E-state index contributed by atoms with van der Waals surface area (Å²) < 4.78 is 16.1. The highest BCUT2D eigenvalue weighted by Crippen LogP contribution is 2.30. The quantitative estimate of drug-likeness (QED) is 0.245. The number of alkyl carbamates (subject to hydrolysis) is 1. The highest BCUT2D eigenvalue weighted by atomic mass is 16.6. The van der Waals surface area contributed by atoms with Gasteiger partial charge in [-0.2, -0.15) is 0 Å². The number of carbonyl (C=O) groups is 4. The summed E-state index contributed by atoms with van der Waals surface area (Å²) in [6, 6.07) is 10.1. The van der Waals surface area contributed by atoms with Gasteiger partial charge in [-0.05, 0) is 74.2 Å². The Balaban J connectivity index is 1.94. The molecule has 0 fully saturated rings. The highest BCUT2D eigenvalue weighted by molar-refractivity contribution is 5.99. The first-order valence-electron chi connectivity index (χ1n) is 13.8. The molecule has 3 atom stereocenters. The van der Waals surface area contributed by atoms with Crippen LogP contribution in [-0.2, 0) is 32.1 Å². The largest absolute Gasteiger partial charge is 0.497 e. The summed E-state index contributed by atoms with van der Waals surface area (Å²) in [6.45, 7) is 8.62. The van der Waals surface area contributed by atoms with E-state index in [1.54, 1.807) is 70.3 Å². The van der Waals surface area contributed by atoms with Crippen LogP contribution in [-0.4, -0.2) is 65.3 Å². The average Bonchev–Trinajstić information content (AvgIpc) is 2.96. The second kappa shape index (κ2) is 14.0. The summed E-state index contributed by atoms with van der Waals surface area (Å²) in [5.41, 5.74) is 2.83. The Morgan fingerprint density at radius 3 is 2.31 bits per heavy atom. The van der Waals surface area contributed by atoms with Gasteiger partial charge in [0.25, 0.3) is 5.91 Å². The highest BCUT2D eigenvalue weighted by Gasteiger charge is 2.40. The maximum absolute atomic E-state index is 14.1. The number of carbonyl (C=O) groups excluding carboxylic acids is 4. The molecule has 0 aromatic heterocycles. The fraction of sp³-hybridized carbons (Fsp3) is 0.467. The molecule has 1 heterocycles. The second-order valence-corrected chi connectivity index (χ2v) is 11.2. The van der Waals surface area contributed by atoms with Gasteiger partial charge in [0.05, 0.1) is 7.11 Å². The third kappa shape index (κ3) is 8.59. The monoisotopic (exact) mass is 584 g/mol. The number of hydroxylamine groups is 1. The number of fused-ring (bicyclic) bond motifs is 1. The normalized spacial score (nSPS) is 15.9. The fourth-order valence-electron chi connectivity index (χ4n) is 4.49. The second-order valence-electron chi connectivity index (χ2n) is 11.2. The topological polar surface area (TPSA) is 156 Å². The van der Waals surface area contributed by atoms with Gasteiger partial charge in [0, 0.05) is 18.7 Å². The minimum Gasteiger partial charge on any atom is -0.497 e. The number of hydrogen-bond donors (Lipinski definition) is 4. The molecule has 1 aliphatic heterocycles. The van der Waals surface area contributed by atoms with Crippen LogP contribution in [0.25, 0.3) is 0 Å². The minimum atomic E-state index is -0.949. The van der Waals surface area contributed by atoms with Gasteiger partial charge in [-0.25, -0.2) is 10.3 Å². The standard InChI is InChI=1S/C30H40N4O8/c1-7-18(2)26(32-29(38)42-30(3,4)5)28(37)34-16-20-14-23(41-17-25(35)33-39)11-8-19(20)15-24(34)27(36)31-21-9-12-22(40-6)13-10-21/h8-14,18,24,26,39H,7,15-17H2,1-6H3,(H,31,36)(H,32,38)(H,33,35). The third-order valence-electron chi connectivity index (χ3n) is 6.90. The van der Waals surface area contributed by atoms with E-state index in [-0.39, 0.29) is 24.8 Å². The summed E-state index contributed by atoms with van der Waals surface area (Å²) in [6.07, 6.45) is 0.0698. The van der Waals surface area contributed by atoms with E-state index in [4.69, 9.17) is 19.4 Å². The summed E-state index contributed by atoms with van der Waals surface area (Å²) in [5, 5.41) is 14.4. The number of nitrogens with one attached hydrogen (secondary N) is 3. The smallest absolute Gasteiger partial charge is 0.408 e. The number of rotatable bonds is 10. The van der Waals surface area contributed by atoms with Crippen LogP contribution in [0.1, 0.15) is 52.2 Å². The van der Waals surface area contributed by atoms with Crippen molar-refractivity contribution in [3.05, 3.63) is 53.6 Å². The molecule has 0 radical (unpaired) electrons.